The van der Waals surface area contributed by atoms with Gasteiger partial charge in [0.05, 0.1) is 7.11 Å². The lowest BCUT2D eigenvalue weighted by molar-refractivity contribution is 0.0935. The summed E-state index contributed by atoms with van der Waals surface area (Å²) in [6.45, 7) is 1.85. The zero-order valence-electron chi connectivity index (χ0n) is 14.4. The molecule has 1 amide bonds. The van der Waals surface area contributed by atoms with Gasteiger partial charge < -0.3 is 14.6 Å². The lowest BCUT2D eigenvalue weighted by Crippen LogP contribution is -2.32. The van der Waals surface area contributed by atoms with Crippen LogP contribution in [0.1, 0.15) is 33.6 Å². The molecule has 6 heteroatoms. The van der Waals surface area contributed by atoms with Gasteiger partial charge in [0.1, 0.15) is 23.3 Å². The van der Waals surface area contributed by atoms with Crippen molar-refractivity contribution >= 4 is 5.91 Å². The molecule has 1 aromatic carbocycles. The highest BCUT2D eigenvalue weighted by molar-refractivity contribution is 5.92. The van der Waals surface area contributed by atoms with Crippen LogP contribution >= 0.6 is 0 Å². The van der Waals surface area contributed by atoms with E-state index in [9.17, 15) is 4.79 Å². The molecule has 0 aliphatic heterocycles. The third kappa shape index (κ3) is 3.52. The number of hydrogen-bond acceptors (Lipinski definition) is 4. The molecular formula is C19H20N4O2. The van der Waals surface area contributed by atoms with Crippen LogP contribution in [0.15, 0.2) is 54.9 Å². The summed E-state index contributed by atoms with van der Waals surface area (Å²) in [5, 5.41) is 3.03. The Labute approximate surface area is 146 Å². The zero-order chi connectivity index (χ0) is 17.8. The number of para-hydroxylation sites is 1. The number of nitrogens with one attached hydrogen (secondary N) is 1. The summed E-state index contributed by atoms with van der Waals surface area (Å²) in [5.74, 6) is 1.14. The molecule has 0 aliphatic rings. The van der Waals surface area contributed by atoms with Gasteiger partial charge in [-0.05, 0) is 25.1 Å². The van der Waals surface area contributed by atoms with Crippen LogP contribution in [0.2, 0.25) is 0 Å². The number of methoxy groups -OCH3 is 1. The minimum Gasteiger partial charge on any atom is -0.496 e. The van der Waals surface area contributed by atoms with Crippen molar-refractivity contribution in [2.24, 2.45) is 7.05 Å². The second kappa shape index (κ2) is 7.17. The van der Waals surface area contributed by atoms with Crippen LogP contribution in [0.4, 0.5) is 0 Å². The van der Waals surface area contributed by atoms with E-state index < -0.39 is 6.04 Å². The van der Waals surface area contributed by atoms with Gasteiger partial charge in [-0.15, -0.1) is 0 Å². The highest BCUT2D eigenvalue weighted by Crippen LogP contribution is 2.29. The van der Waals surface area contributed by atoms with Crippen molar-refractivity contribution in [3.8, 4) is 5.75 Å². The number of rotatable bonds is 5. The molecule has 25 heavy (non-hydrogen) atoms. The maximum Gasteiger partial charge on any atom is 0.270 e. The van der Waals surface area contributed by atoms with Crippen LogP contribution in [0.3, 0.4) is 0 Å². The number of carbonyl (C=O) groups excluding carboxylic acids is 1. The Bertz CT molecular complexity index is 888. The van der Waals surface area contributed by atoms with Crippen molar-refractivity contribution in [3.63, 3.8) is 0 Å². The number of ether oxygens (including phenoxy) is 1. The molecule has 2 aromatic heterocycles. The van der Waals surface area contributed by atoms with Gasteiger partial charge in [0.2, 0.25) is 0 Å². The van der Waals surface area contributed by atoms with E-state index in [1.807, 2.05) is 61.1 Å². The van der Waals surface area contributed by atoms with E-state index in [0.29, 0.717) is 17.3 Å². The number of benzene rings is 1. The van der Waals surface area contributed by atoms with Crippen molar-refractivity contribution < 1.29 is 9.53 Å². The third-order valence-electron chi connectivity index (χ3n) is 3.96. The predicted octanol–water partition coefficient (Wildman–Crippen LogP) is 2.65. The largest absolute Gasteiger partial charge is 0.496 e. The van der Waals surface area contributed by atoms with E-state index in [-0.39, 0.29) is 5.91 Å². The highest BCUT2D eigenvalue weighted by atomic mass is 16.5. The number of aromatic nitrogens is 3. The van der Waals surface area contributed by atoms with Gasteiger partial charge in [0.15, 0.2) is 0 Å². The molecule has 128 valence electrons. The van der Waals surface area contributed by atoms with Crippen molar-refractivity contribution in [2.75, 3.05) is 7.11 Å². The summed E-state index contributed by atoms with van der Waals surface area (Å²) in [4.78, 5) is 21.4. The molecule has 0 aliphatic carbocycles. The number of hydrogen-bond donors (Lipinski definition) is 1. The average molecular weight is 336 g/mol. The zero-order valence-corrected chi connectivity index (χ0v) is 14.4. The normalized spacial score (nSPS) is 11.8. The Morgan fingerprint density at radius 2 is 2.00 bits per heavy atom. The lowest BCUT2D eigenvalue weighted by atomic mass is 10.0. The molecule has 2 heterocycles. The summed E-state index contributed by atoms with van der Waals surface area (Å²) in [6, 6.07) is 12.5. The maximum atomic E-state index is 12.7. The van der Waals surface area contributed by atoms with E-state index in [1.54, 1.807) is 19.4 Å². The number of nitrogens with zero attached hydrogens (tertiary/aromatic N) is 3. The van der Waals surface area contributed by atoms with Crippen LogP contribution in [0, 0.1) is 6.92 Å². The van der Waals surface area contributed by atoms with E-state index in [1.165, 1.54) is 0 Å². The molecule has 0 radical (unpaired) electrons. The van der Waals surface area contributed by atoms with Gasteiger partial charge in [-0.25, -0.2) is 9.97 Å². The van der Waals surface area contributed by atoms with Gasteiger partial charge in [0, 0.05) is 30.7 Å². The van der Waals surface area contributed by atoms with Crippen molar-refractivity contribution in [2.45, 2.75) is 13.0 Å². The summed E-state index contributed by atoms with van der Waals surface area (Å²) in [6.07, 6.45) is 3.55. The number of imidazole rings is 1. The quantitative estimate of drug-likeness (QED) is 0.778. The van der Waals surface area contributed by atoms with Crippen LogP contribution in [-0.2, 0) is 7.05 Å². The van der Waals surface area contributed by atoms with Crippen LogP contribution in [-0.4, -0.2) is 27.6 Å². The summed E-state index contributed by atoms with van der Waals surface area (Å²) >= 11 is 0. The predicted molar refractivity (Wildman–Crippen MR) is 94.5 cm³/mol. The molecule has 3 aromatic rings. The second-order valence-electron chi connectivity index (χ2n) is 5.71. The Hall–Kier alpha value is -3.15. The Morgan fingerprint density at radius 3 is 2.68 bits per heavy atom. The van der Waals surface area contributed by atoms with E-state index in [4.69, 9.17) is 4.74 Å². The monoisotopic (exact) mass is 336 g/mol. The van der Waals surface area contributed by atoms with Crippen LogP contribution in [0.25, 0.3) is 0 Å². The Kier molecular flexibility index (Phi) is 4.79. The minimum atomic E-state index is -0.453. The molecule has 0 saturated carbocycles. The highest BCUT2D eigenvalue weighted by Gasteiger charge is 2.24. The number of pyridine rings is 1. The van der Waals surface area contributed by atoms with Gasteiger partial charge in [-0.2, -0.15) is 0 Å². The summed E-state index contributed by atoms with van der Waals surface area (Å²) < 4.78 is 7.34. The molecule has 0 fully saturated rings. The average Bonchev–Trinajstić information content (AvgIpc) is 3.05. The smallest absolute Gasteiger partial charge is 0.270 e. The van der Waals surface area contributed by atoms with Crippen LogP contribution < -0.4 is 10.1 Å². The molecule has 0 saturated heterocycles. The Morgan fingerprint density at radius 1 is 1.20 bits per heavy atom. The van der Waals surface area contributed by atoms with Crippen molar-refractivity contribution in [1.29, 1.82) is 0 Å². The number of aryl methyl sites for hydroxylation is 2. The van der Waals surface area contributed by atoms with Gasteiger partial charge in [-0.3, -0.25) is 4.79 Å². The fraction of sp³-hybridized carbons (Fsp3) is 0.211. The molecular weight excluding hydrogens is 316 g/mol. The minimum absolute atomic E-state index is 0.261. The first kappa shape index (κ1) is 16.7. The number of amides is 1. The van der Waals surface area contributed by atoms with Crippen LogP contribution in [0.5, 0.6) is 5.75 Å². The molecule has 1 unspecified atom stereocenters. The Balaban J connectivity index is 2.00. The first-order chi connectivity index (χ1) is 12.1. The molecule has 1 atom stereocenters. The third-order valence-corrected chi connectivity index (χ3v) is 3.96. The fourth-order valence-corrected chi connectivity index (χ4v) is 2.72. The first-order valence-electron chi connectivity index (χ1n) is 7.95. The van der Waals surface area contributed by atoms with E-state index in [2.05, 4.69) is 15.3 Å². The number of carbonyl (C=O) groups is 1. The lowest BCUT2D eigenvalue weighted by Gasteiger charge is -2.21. The second-order valence-corrected chi connectivity index (χ2v) is 5.71. The first-order valence-corrected chi connectivity index (χ1v) is 7.95. The SMILES string of the molecule is COc1ccccc1C(NC(=O)c1cccc(C)n1)c1nccn1C. The molecule has 0 spiro atoms. The van der Waals surface area contributed by atoms with E-state index in [0.717, 1.165) is 11.3 Å². The summed E-state index contributed by atoms with van der Waals surface area (Å²) in [5.41, 5.74) is 1.99. The van der Waals surface area contributed by atoms with Gasteiger partial charge in [0.25, 0.3) is 5.91 Å². The van der Waals surface area contributed by atoms with Crippen molar-refractivity contribution in [3.05, 3.63) is 77.6 Å². The standard InChI is InChI=1S/C19H20N4O2/c1-13-7-6-9-15(21-13)19(24)22-17(18-20-11-12-23(18)2)14-8-4-5-10-16(14)25-3/h4-12,17H,1-3H3,(H,22,24). The topological polar surface area (TPSA) is 69.0 Å². The fourth-order valence-electron chi connectivity index (χ4n) is 2.72. The molecule has 3 rings (SSSR count). The summed E-state index contributed by atoms with van der Waals surface area (Å²) in [7, 11) is 3.50. The molecule has 6 nitrogen and oxygen atoms in total. The van der Waals surface area contributed by atoms with Gasteiger partial charge in [-0.1, -0.05) is 24.3 Å². The molecule has 0 bridgehead atoms. The van der Waals surface area contributed by atoms with Gasteiger partial charge >= 0.3 is 0 Å². The molecule has 1 N–H and O–H groups in total. The van der Waals surface area contributed by atoms with Crippen molar-refractivity contribution in [1.82, 2.24) is 19.9 Å². The maximum absolute atomic E-state index is 12.7. The van der Waals surface area contributed by atoms with E-state index >= 15 is 0 Å².